The van der Waals surface area contributed by atoms with Crippen molar-refractivity contribution in [3.63, 3.8) is 0 Å². The van der Waals surface area contributed by atoms with E-state index in [0.717, 1.165) is 16.8 Å². The molecular formula is C26H31N3O5S. The first-order valence-electron chi connectivity index (χ1n) is 11.9. The van der Waals surface area contributed by atoms with E-state index < -0.39 is 21.0 Å². The van der Waals surface area contributed by atoms with Gasteiger partial charge in [-0.2, -0.15) is 4.31 Å². The molecule has 0 saturated carbocycles. The van der Waals surface area contributed by atoms with Crippen molar-refractivity contribution in [1.29, 1.82) is 0 Å². The highest BCUT2D eigenvalue weighted by Crippen LogP contribution is 2.44. The SMILES string of the molecule is CC(C)(C(=O)N1CC[C@@]2(C1)OC(=O)c1ccccc12)c1ccc(N2CCN(S(C)(=O)=O)CC2)cc1. The van der Waals surface area contributed by atoms with Crippen molar-refractivity contribution in [2.45, 2.75) is 31.3 Å². The number of carbonyl (C=O) groups is 2. The van der Waals surface area contributed by atoms with Crippen LogP contribution in [-0.2, 0) is 30.6 Å². The second-order valence-corrected chi connectivity index (χ2v) is 12.2. The van der Waals surface area contributed by atoms with E-state index in [-0.39, 0.29) is 11.9 Å². The number of nitrogens with zero attached hydrogens (tertiary/aromatic N) is 3. The smallest absolute Gasteiger partial charge is 0.339 e. The van der Waals surface area contributed by atoms with E-state index in [0.29, 0.717) is 51.3 Å². The van der Waals surface area contributed by atoms with Crippen LogP contribution in [0.1, 0.15) is 41.8 Å². The minimum atomic E-state index is -3.17. The van der Waals surface area contributed by atoms with Crippen LogP contribution in [0.4, 0.5) is 5.69 Å². The van der Waals surface area contributed by atoms with Gasteiger partial charge in [-0.05, 0) is 37.6 Å². The summed E-state index contributed by atoms with van der Waals surface area (Å²) in [7, 11) is -3.17. The Morgan fingerprint density at radius 1 is 0.971 bits per heavy atom. The van der Waals surface area contributed by atoms with Crippen molar-refractivity contribution in [3.05, 3.63) is 65.2 Å². The molecule has 2 saturated heterocycles. The molecule has 0 bridgehead atoms. The number of sulfonamides is 1. The fourth-order valence-corrected chi connectivity index (χ4v) is 6.32. The van der Waals surface area contributed by atoms with Crippen LogP contribution in [0.3, 0.4) is 0 Å². The second-order valence-electron chi connectivity index (χ2n) is 10.2. The number of ether oxygens (including phenoxy) is 1. The number of fused-ring (bicyclic) bond motifs is 2. The lowest BCUT2D eigenvalue weighted by atomic mass is 9.83. The predicted octanol–water partition coefficient (Wildman–Crippen LogP) is 2.34. The number of piperazine rings is 1. The Balaban J connectivity index is 1.28. The minimum Gasteiger partial charge on any atom is -0.449 e. The van der Waals surface area contributed by atoms with Crippen molar-refractivity contribution >= 4 is 27.6 Å². The zero-order valence-electron chi connectivity index (χ0n) is 20.4. The van der Waals surface area contributed by atoms with Crippen molar-refractivity contribution in [1.82, 2.24) is 9.21 Å². The Labute approximate surface area is 206 Å². The number of anilines is 1. The fraction of sp³-hybridized carbons (Fsp3) is 0.462. The van der Waals surface area contributed by atoms with Crippen LogP contribution < -0.4 is 4.90 Å². The molecule has 0 radical (unpaired) electrons. The summed E-state index contributed by atoms with van der Waals surface area (Å²) in [6.45, 7) is 6.94. The first kappa shape index (κ1) is 23.8. The van der Waals surface area contributed by atoms with E-state index in [1.54, 1.807) is 6.07 Å². The molecule has 0 unspecified atom stereocenters. The summed E-state index contributed by atoms with van der Waals surface area (Å²) in [5, 5.41) is 0. The van der Waals surface area contributed by atoms with Gasteiger partial charge in [-0.15, -0.1) is 0 Å². The maximum atomic E-state index is 13.6. The molecule has 0 aliphatic carbocycles. The Kier molecular flexibility index (Phi) is 5.68. The van der Waals surface area contributed by atoms with E-state index in [1.165, 1.54) is 10.6 Å². The summed E-state index contributed by atoms with van der Waals surface area (Å²) in [5.74, 6) is -0.313. The summed E-state index contributed by atoms with van der Waals surface area (Å²) in [5.41, 5.74) is 1.89. The number of benzene rings is 2. The molecule has 186 valence electrons. The van der Waals surface area contributed by atoms with Gasteiger partial charge in [-0.25, -0.2) is 13.2 Å². The number of carbonyl (C=O) groups excluding carboxylic acids is 2. The maximum absolute atomic E-state index is 13.6. The van der Waals surface area contributed by atoms with Crippen LogP contribution in [0, 0.1) is 0 Å². The predicted molar refractivity (Wildman–Crippen MR) is 133 cm³/mol. The monoisotopic (exact) mass is 497 g/mol. The van der Waals surface area contributed by atoms with Crippen LogP contribution in [0.15, 0.2) is 48.5 Å². The molecule has 0 N–H and O–H groups in total. The van der Waals surface area contributed by atoms with Crippen LogP contribution in [0.25, 0.3) is 0 Å². The molecule has 1 atom stereocenters. The standard InChI is InChI=1S/C26H31N3O5S/c1-25(2,19-8-10-20(11-9-19)27-14-16-29(17-15-27)35(3,32)33)24(31)28-13-12-26(18-28)22-7-5-4-6-21(22)23(30)34-26/h4-11H,12-18H2,1-3H3/t26-/m0/s1. The molecule has 2 fully saturated rings. The van der Waals surface area contributed by atoms with Gasteiger partial charge >= 0.3 is 5.97 Å². The number of likely N-dealkylation sites (tertiary alicyclic amines) is 1. The fourth-order valence-electron chi connectivity index (χ4n) is 5.49. The second kappa shape index (κ2) is 8.34. The number of rotatable bonds is 4. The third kappa shape index (κ3) is 4.10. The van der Waals surface area contributed by atoms with Gasteiger partial charge in [-0.1, -0.05) is 30.3 Å². The van der Waals surface area contributed by atoms with Crippen molar-refractivity contribution < 1.29 is 22.7 Å². The summed E-state index contributed by atoms with van der Waals surface area (Å²) < 4.78 is 30.8. The minimum absolute atomic E-state index is 0.00400. The van der Waals surface area contributed by atoms with Crippen LogP contribution >= 0.6 is 0 Å². The van der Waals surface area contributed by atoms with Crippen molar-refractivity contribution in [2.75, 3.05) is 50.4 Å². The van der Waals surface area contributed by atoms with Gasteiger partial charge in [0.15, 0.2) is 5.60 Å². The number of amides is 1. The summed E-state index contributed by atoms with van der Waals surface area (Å²) >= 11 is 0. The Morgan fingerprint density at radius 2 is 1.63 bits per heavy atom. The van der Waals surface area contributed by atoms with Crippen LogP contribution in [0.2, 0.25) is 0 Å². The summed E-state index contributed by atoms with van der Waals surface area (Å²) in [6, 6.07) is 15.4. The average Bonchev–Trinajstić information content (AvgIpc) is 3.39. The first-order valence-corrected chi connectivity index (χ1v) is 13.8. The molecule has 8 nitrogen and oxygen atoms in total. The third-order valence-corrected chi connectivity index (χ3v) is 8.94. The number of hydrogen-bond donors (Lipinski definition) is 0. The molecule has 2 aromatic carbocycles. The number of esters is 1. The average molecular weight is 498 g/mol. The lowest BCUT2D eigenvalue weighted by Gasteiger charge is -2.35. The highest BCUT2D eigenvalue weighted by Gasteiger charge is 2.52. The first-order chi connectivity index (χ1) is 16.5. The van der Waals surface area contributed by atoms with Gasteiger partial charge in [0.05, 0.1) is 23.8 Å². The van der Waals surface area contributed by atoms with E-state index in [1.807, 2.05) is 61.2 Å². The van der Waals surface area contributed by atoms with Crippen molar-refractivity contribution in [3.8, 4) is 0 Å². The molecule has 3 aliphatic rings. The maximum Gasteiger partial charge on any atom is 0.339 e. The van der Waals surface area contributed by atoms with Crippen LogP contribution in [0.5, 0.6) is 0 Å². The van der Waals surface area contributed by atoms with Gasteiger partial charge in [0.1, 0.15) is 0 Å². The summed E-state index contributed by atoms with van der Waals surface area (Å²) in [6.07, 6.45) is 1.84. The van der Waals surface area contributed by atoms with Gasteiger partial charge in [0, 0.05) is 50.4 Å². The Hall–Kier alpha value is -2.91. The molecule has 35 heavy (non-hydrogen) atoms. The van der Waals surface area contributed by atoms with Crippen molar-refractivity contribution in [2.24, 2.45) is 0 Å². The highest BCUT2D eigenvalue weighted by atomic mass is 32.2. The molecule has 9 heteroatoms. The Bertz CT molecular complexity index is 1270. The zero-order valence-corrected chi connectivity index (χ0v) is 21.2. The molecule has 3 heterocycles. The van der Waals surface area contributed by atoms with Crippen LogP contribution in [-0.4, -0.2) is 75.0 Å². The zero-order chi connectivity index (χ0) is 25.0. The largest absolute Gasteiger partial charge is 0.449 e. The molecule has 3 aliphatic heterocycles. The van der Waals surface area contributed by atoms with E-state index in [9.17, 15) is 18.0 Å². The van der Waals surface area contributed by atoms with Gasteiger partial charge < -0.3 is 14.5 Å². The normalized spacial score (nSPS) is 23.0. The number of hydrogen-bond acceptors (Lipinski definition) is 6. The molecular weight excluding hydrogens is 466 g/mol. The van der Waals surface area contributed by atoms with Gasteiger partial charge in [0.25, 0.3) is 0 Å². The van der Waals surface area contributed by atoms with E-state index >= 15 is 0 Å². The molecule has 1 amide bonds. The molecule has 1 spiro atoms. The van der Waals surface area contributed by atoms with E-state index in [4.69, 9.17) is 4.74 Å². The van der Waals surface area contributed by atoms with Gasteiger partial charge in [-0.3, -0.25) is 4.79 Å². The summed E-state index contributed by atoms with van der Waals surface area (Å²) in [4.78, 5) is 30.0. The highest BCUT2D eigenvalue weighted by molar-refractivity contribution is 7.88. The topological polar surface area (TPSA) is 87.2 Å². The van der Waals surface area contributed by atoms with E-state index in [2.05, 4.69) is 4.90 Å². The lowest BCUT2D eigenvalue weighted by molar-refractivity contribution is -0.136. The lowest BCUT2D eigenvalue weighted by Crippen LogP contribution is -2.48. The Morgan fingerprint density at radius 3 is 2.29 bits per heavy atom. The molecule has 0 aromatic heterocycles. The molecule has 2 aromatic rings. The quantitative estimate of drug-likeness (QED) is 0.603. The van der Waals surface area contributed by atoms with Gasteiger partial charge in [0.2, 0.25) is 15.9 Å². The third-order valence-electron chi connectivity index (χ3n) is 7.64. The molecule has 5 rings (SSSR count).